The zero-order valence-corrected chi connectivity index (χ0v) is 8.35. The van der Waals surface area contributed by atoms with E-state index in [0.29, 0.717) is 11.8 Å². The van der Waals surface area contributed by atoms with E-state index in [1.165, 1.54) is 0 Å². The Morgan fingerprint density at radius 3 is 2.67 bits per heavy atom. The first-order valence-corrected chi connectivity index (χ1v) is 5.13. The van der Waals surface area contributed by atoms with Crippen LogP contribution in [0.4, 0.5) is 0 Å². The quantitative estimate of drug-likeness (QED) is 0.745. The fraction of sp³-hybridized carbons (Fsp3) is 0.750. The van der Waals surface area contributed by atoms with Gasteiger partial charge in [-0.05, 0) is 19.3 Å². The highest BCUT2D eigenvalue weighted by molar-refractivity contribution is 9.09. The molecular weight excluding hydrogens is 220 g/mol. The van der Waals surface area contributed by atoms with Crippen LogP contribution in [0.15, 0.2) is 0 Å². The Balaban J connectivity index is 2.39. The summed E-state index contributed by atoms with van der Waals surface area (Å²) in [5.74, 6) is -0.0341. The molecule has 1 fully saturated rings. The lowest BCUT2D eigenvalue weighted by Gasteiger charge is -2.35. The van der Waals surface area contributed by atoms with Gasteiger partial charge >= 0.3 is 0 Å². The van der Waals surface area contributed by atoms with Gasteiger partial charge in [0.25, 0.3) is 0 Å². The maximum absolute atomic E-state index is 11.1. The van der Waals surface area contributed by atoms with E-state index in [1.807, 2.05) is 0 Å². The van der Waals surface area contributed by atoms with Crippen LogP contribution in [0.1, 0.15) is 25.7 Å². The van der Waals surface area contributed by atoms with Gasteiger partial charge in [-0.3, -0.25) is 4.79 Å². The Bertz CT molecular complexity index is 218. The second-order valence-electron chi connectivity index (χ2n) is 3.03. The molecule has 1 aliphatic rings. The molecule has 0 aromatic carbocycles. The smallest absolute Gasteiger partial charge is 0.222 e. The molecule has 0 aliphatic heterocycles. The maximum atomic E-state index is 11.1. The highest BCUT2D eigenvalue weighted by Crippen LogP contribution is 2.30. The molecule has 0 bridgehead atoms. The van der Waals surface area contributed by atoms with Crippen molar-refractivity contribution < 1.29 is 4.79 Å². The van der Waals surface area contributed by atoms with Crippen molar-refractivity contribution in [3.05, 3.63) is 0 Å². The van der Waals surface area contributed by atoms with E-state index < -0.39 is 5.54 Å². The second-order valence-corrected chi connectivity index (χ2v) is 3.83. The number of carbonyl (C=O) groups excluding carboxylic acids is 1. The van der Waals surface area contributed by atoms with Gasteiger partial charge in [0.1, 0.15) is 5.54 Å². The van der Waals surface area contributed by atoms with Gasteiger partial charge in [0.15, 0.2) is 0 Å². The van der Waals surface area contributed by atoms with Crippen molar-refractivity contribution in [2.45, 2.75) is 31.2 Å². The SMILES string of the molecule is N#CC1(NC(=O)CCBr)CCC1. The van der Waals surface area contributed by atoms with Gasteiger partial charge in [0.05, 0.1) is 6.07 Å². The van der Waals surface area contributed by atoms with E-state index >= 15 is 0 Å². The Kier molecular flexibility index (Phi) is 3.10. The molecule has 4 heteroatoms. The predicted molar refractivity (Wildman–Crippen MR) is 48.7 cm³/mol. The lowest BCUT2D eigenvalue weighted by molar-refractivity contribution is -0.122. The molecule has 1 rings (SSSR count). The van der Waals surface area contributed by atoms with Crippen LogP contribution in [0.2, 0.25) is 0 Å². The van der Waals surface area contributed by atoms with E-state index in [1.54, 1.807) is 0 Å². The van der Waals surface area contributed by atoms with Gasteiger partial charge in [-0.25, -0.2) is 0 Å². The van der Waals surface area contributed by atoms with Gasteiger partial charge in [-0.1, -0.05) is 15.9 Å². The lowest BCUT2D eigenvalue weighted by atomic mass is 9.78. The molecule has 1 N–H and O–H groups in total. The molecule has 12 heavy (non-hydrogen) atoms. The largest absolute Gasteiger partial charge is 0.338 e. The summed E-state index contributed by atoms with van der Waals surface area (Å²) >= 11 is 3.18. The van der Waals surface area contributed by atoms with Crippen molar-refractivity contribution in [1.82, 2.24) is 5.32 Å². The fourth-order valence-electron chi connectivity index (χ4n) is 1.21. The van der Waals surface area contributed by atoms with Crippen LogP contribution in [0, 0.1) is 11.3 Å². The van der Waals surface area contributed by atoms with Crippen molar-refractivity contribution in [3.63, 3.8) is 0 Å². The highest BCUT2D eigenvalue weighted by Gasteiger charge is 2.38. The first kappa shape index (κ1) is 9.53. The number of amides is 1. The summed E-state index contributed by atoms with van der Waals surface area (Å²) < 4.78 is 0. The summed E-state index contributed by atoms with van der Waals surface area (Å²) in [5.41, 5.74) is -0.529. The third kappa shape index (κ3) is 1.98. The third-order valence-electron chi connectivity index (χ3n) is 2.12. The summed E-state index contributed by atoms with van der Waals surface area (Å²) in [7, 11) is 0. The third-order valence-corrected chi connectivity index (χ3v) is 2.52. The average Bonchev–Trinajstić information content (AvgIpc) is 1.97. The Morgan fingerprint density at radius 1 is 1.67 bits per heavy atom. The van der Waals surface area contributed by atoms with E-state index in [2.05, 4.69) is 27.3 Å². The zero-order valence-electron chi connectivity index (χ0n) is 6.77. The summed E-state index contributed by atoms with van der Waals surface area (Å²) in [5, 5.41) is 12.2. The zero-order chi connectivity index (χ0) is 9.03. The van der Waals surface area contributed by atoms with Crippen molar-refractivity contribution in [2.75, 3.05) is 5.33 Å². The van der Waals surface area contributed by atoms with Crippen LogP contribution in [0.5, 0.6) is 0 Å². The van der Waals surface area contributed by atoms with Gasteiger partial charge in [0.2, 0.25) is 5.91 Å². The highest BCUT2D eigenvalue weighted by atomic mass is 79.9. The molecule has 0 saturated heterocycles. The average molecular weight is 231 g/mol. The van der Waals surface area contributed by atoms with Crippen LogP contribution in [-0.4, -0.2) is 16.8 Å². The van der Waals surface area contributed by atoms with E-state index in [-0.39, 0.29) is 5.91 Å². The maximum Gasteiger partial charge on any atom is 0.222 e. The molecule has 3 nitrogen and oxygen atoms in total. The van der Waals surface area contributed by atoms with Crippen LogP contribution < -0.4 is 5.32 Å². The Hall–Kier alpha value is -0.560. The minimum absolute atomic E-state index is 0.0341. The van der Waals surface area contributed by atoms with E-state index in [9.17, 15) is 4.79 Å². The van der Waals surface area contributed by atoms with Gasteiger partial charge < -0.3 is 5.32 Å². The number of rotatable bonds is 3. The minimum Gasteiger partial charge on any atom is -0.338 e. The van der Waals surface area contributed by atoms with Gasteiger partial charge in [0, 0.05) is 11.8 Å². The van der Waals surface area contributed by atoms with Crippen molar-refractivity contribution in [2.24, 2.45) is 0 Å². The topological polar surface area (TPSA) is 52.9 Å². The molecule has 0 unspecified atom stereocenters. The Labute approximate surface area is 80.3 Å². The molecule has 1 saturated carbocycles. The molecule has 0 aromatic heterocycles. The first-order chi connectivity index (χ1) is 5.72. The van der Waals surface area contributed by atoms with Crippen molar-refractivity contribution in [1.29, 1.82) is 5.26 Å². The number of halogens is 1. The molecule has 1 aliphatic carbocycles. The van der Waals surface area contributed by atoms with E-state index in [0.717, 1.165) is 19.3 Å². The van der Waals surface area contributed by atoms with Crippen LogP contribution >= 0.6 is 15.9 Å². The van der Waals surface area contributed by atoms with Gasteiger partial charge in [-0.15, -0.1) is 0 Å². The molecular formula is C8H11BrN2O. The van der Waals surface area contributed by atoms with Crippen LogP contribution in [0.3, 0.4) is 0 Å². The number of hydrogen-bond donors (Lipinski definition) is 1. The lowest BCUT2D eigenvalue weighted by Crippen LogP contribution is -2.52. The summed E-state index contributed by atoms with van der Waals surface area (Å²) in [6.45, 7) is 0. The van der Waals surface area contributed by atoms with Crippen molar-refractivity contribution >= 4 is 21.8 Å². The molecule has 66 valence electrons. The number of nitrogens with zero attached hydrogens (tertiary/aromatic N) is 1. The summed E-state index contributed by atoms with van der Waals surface area (Å²) in [6, 6.07) is 2.16. The summed E-state index contributed by atoms with van der Waals surface area (Å²) in [6.07, 6.45) is 3.10. The van der Waals surface area contributed by atoms with Crippen LogP contribution in [0.25, 0.3) is 0 Å². The van der Waals surface area contributed by atoms with Crippen molar-refractivity contribution in [3.8, 4) is 6.07 Å². The second kappa shape index (κ2) is 3.90. The molecule has 0 radical (unpaired) electrons. The minimum atomic E-state index is -0.529. The fourth-order valence-corrected chi connectivity index (χ4v) is 1.57. The van der Waals surface area contributed by atoms with Gasteiger partial charge in [-0.2, -0.15) is 5.26 Å². The predicted octanol–water partition coefficient (Wildman–Crippen LogP) is 1.33. The normalized spacial score (nSPS) is 19.0. The van der Waals surface area contributed by atoms with Crippen LogP contribution in [-0.2, 0) is 4.79 Å². The Morgan fingerprint density at radius 2 is 2.33 bits per heavy atom. The molecule has 0 heterocycles. The monoisotopic (exact) mass is 230 g/mol. The number of carbonyl (C=O) groups is 1. The molecule has 0 aromatic rings. The summed E-state index contributed by atoms with van der Waals surface area (Å²) in [4.78, 5) is 11.1. The standard InChI is InChI=1S/C8H11BrN2O/c9-5-2-7(12)11-8(6-10)3-1-4-8/h1-5H2,(H,11,12). The first-order valence-electron chi connectivity index (χ1n) is 4.01. The molecule has 0 atom stereocenters. The van der Waals surface area contributed by atoms with E-state index in [4.69, 9.17) is 5.26 Å². The number of hydrogen-bond acceptors (Lipinski definition) is 2. The molecule has 0 spiro atoms. The molecule has 1 amide bonds. The number of nitrogens with one attached hydrogen (secondary N) is 1. The number of nitriles is 1. The number of alkyl halides is 1.